The van der Waals surface area contributed by atoms with Crippen LogP contribution in [0.3, 0.4) is 0 Å². The number of aryl methyl sites for hydroxylation is 1. The van der Waals surface area contributed by atoms with Crippen LogP contribution in [0.5, 0.6) is 0 Å². The molecule has 5 nitrogen and oxygen atoms in total. The third-order valence-electron chi connectivity index (χ3n) is 4.09. The summed E-state index contributed by atoms with van der Waals surface area (Å²) >= 11 is 0. The number of amides is 1. The summed E-state index contributed by atoms with van der Waals surface area (Å²) < 4.78 is 5.81. The fourth-order valence-electron chi connectivity index (χ4n) is 2.65. The molecule has 0 radical (unpaired) electrons. The van der Waals surface area contributed by atoms with Gasteiger partial charge in [-0.15, -0.1) is 0 Å². The highest BCUT2D eigenvalue weighted by Crippen LogP contribution is 2.25. The Hall–Kier alpha value is -3.73. The van der Waals surface area contributed by atoms with Crippen LogP contribution in [0, 0.1) is 6.92 Å². The highest BCUT2D eigenvalue weighted by Gasteiger charge is 2.09. The fraction of sp³-hybridized carbons (Fsp3) is 0.0455. The number of rotatable bonds is 4. The molecule has 0 aliphatic carbocycles. The Morgan fingerprint density at radius 3 is 2.59 bits per heavy atom. The summed E-state index contributed by atoms with van der Waals surface area (Å²) in [6.07, 6.45) is 6.67. The first-order valence-corrected chi connectivity index (χ1v) is 8.54. The summed E-state index contributed by atoms with van der Waals surface area (Å²) in [4.78, 5) is 20.6. The fourth-order valence-corrected chi connectivity index (χ4v) is 2.65. The van der Waals surface area contributed by atoms with Gasteiger partial charge in [0.1, 0.15) is 5.52 Å². The number of benzene rings is 2. The molecule has 2 aromatic heterocycles. The van der Waals surface area contributed by atoms with Crippen LogP contribution in [-0.2, 0) is 4.79 Å². The average molecular weight is 355 g/mol. The van der Waals surface area contributed by atoms with Crippen LogP contribution >= 0.6 is 0 Å². The molecule has 0 atom stereocenters. The molecule has 132 valence electrons. The zero-order chi connectivity index (χ0) is 18.6. The molecular weight excluding hydrogens is 338 g/mol. The van der Waals surface area contributed by atoms with Crippen molar-refractivity contribution in [3.63, 3.8) is 0 Å². The van der Waals surface area contributed by atoms with E-state index in [1.165, 1.54) is 11.6 Å². The van der Waals surface area contributed by atoms with Crippen molar-refractivity contribution in [3.05, 3.63) is 84.2 Å². The second-order valence-electron chi connectivity index (χ2n) is 6.17. The van der Waals surface area contributed by atoms with E-state index >= 15 is 0 Å². The van der Waals surface area contributed by atoms with Crippen molar-refractivity contribution >= 4 is 28.8 Å². The molecule has 0 saturated carbocycles. The Morgan fingerprint density at radius 1 is 1.04 bits per heavy atom. The second kappa shape index (κ2) is 7.25. The second-order valence-corrected chi connectivity index (χ2v) is 6.17. The Morgan fingerprint density at radius 2 is 1.81 bits per heavy atom. The molecule has 4 rings (SSSR count). The third-order valence-corrected chi connectivity index (χ3v) is 4.09. The SMILES string of the molecule is Cc1ccc(/C=C/C(=O)Nc2ccc3nc(-c4ccncc4)oc3c2)cc1. The topological polar surface area (TPSA) is 68.0 Å². The summed E-state index contributed by atoms with van der Waals surface area (Å²) in [6.45, 7) is 2.03. The molecule has 1 N–H and O–H groups in total. The number of pyridine rings is 1. The van der Waals surface area contributed by atoms with Gasteiger partial charge in [-0.1, -0.05) is 29.8 Å². The van der Waals surface area contributed by atoms with Crippen LogP contribution in [-0.4, -0.2) is 15.9 Å². The van der Waals surface area contributed by atoms with E-state index in [0.717, 1.165) is 16.6 Å². The van der Waals surface area contributed by atoms with Gasteiger partial charge in [-0.2, -0.15) is 0 Å². The van der Waals surface area contributed by atoms with Crippen molar-refractivity contribution in [1.29, 1.82) is 0 Å². The van der Waals surface area contributed by atoms with Crippen molar-refractivity contribution in [2.24, 2.45) is 0 Å². The number of fused-ring (bicyclic) bond motifs is 1. The largest absolute Gasteiger partial charge is 0.436 e. The van der Waals surface area contributed by atoms with Gasteiger partial charge in [-0.3, -0.25) is 9.78 Å². The minimum absolute atomic E-state index is 0.205. The molecule has 2 aromatic carbocycles. The maximum Gasteiger partial charge on any atom is 0.248 e. The summed E-state index contributed by atoms with van der Waals surface area (Å²) in [6, 6.07) is 17.0. The van der Waals surface area contributed by atoms with E-state index in [2.05, 4.69) is 15.3 Å². The molecule has 0 fully saturated rings. The highest BCUT2D eigenvalue weighted by atomic mass is 16.3. The van der Waals surface area contributed by atoms with Crippen LogP contribution in [0.25, 0.3) is 28.6 Å². The van der Waals surface area contributed by atoms with Crippen molar-refractivity contribution < 1.29 is 9.21 Å². The lowest BCUT2D eigenvalue weighted by molar-refractivity contribution is -0.111. The number of carbonyl (C=O) groups is 1. The zero-order valence-electron chi connectivity index (χ0n) is 14.7. The first-order chi connectivity index (χ1) is 13.2. The van der Waals surface area contributed by atoms with Crippen LogP contribution in [0.15, 0.2) is 77.5 Å². The predicted molar refractivity (Wildman–Crippen MR) is 106 cm³/mol. The lowest BCUT2D eigenvalue weighted by Gasteiger charge is -2.01. The third kappa shape index (κ3) is 3.93. The van der Waals surface area contributed by atoms with Gasteiger partial charge in [0.2, 0.25) is 11.8 Å². The predicted octanol–water partition coefficient (Wildman–Crippen LogP) is 4.85. The summed E-state index contributed by atoms with van der Waals surface area (Å²) in [7, 11) is 0. The quantitative estimate of drug-likeness (QED) is 0.531. The van der Waals surface area contributed by atoms with Crippen molar-refractivity contribution in [2.75, 3.05) is 5.32 Å². The van der Waals surface area contributed by atoms with E-state index in [-0.39, 0.29) is 5.91 Å². The molecule has 27 heavy (non-hydrogen) atoms. The lowest BCUT2D eigenvalue weighted by Crippen LogP contribution is -2.07. The van der Waals surface area contributed by atoms with E-state index in [4.69, 9.17) is 4.42 Å². The van der Waals surface area contributed by atoms with E-state index in [1.54, 1.807) is 30.6 Å². The smallest absolute Gasteiger partial charge is 0.248 e. The molecule has 0 unspecified atom stereocenters. The van der Waals surface area contributed by atoms with Gasteiger partial charge in [0.25, 0.3) is 0 Å². The maximum atomic E-state index is 12.2. The van der Waals surface area contributed by atoms with Crippen molar-refractivity contribution in [2.45, 2.75) is 6.92 Å². The van der Waals surface area contributed by atoms with Gasteiger partial charge in [-0.25, -0.2) is 4.98 Å². The molecule has 0 spiro atoms. The molecule has 0 aliphatic rings. The van der Waals surface area contributed by atoms with Gasteiger partial charge >= 0.3 is 0 Å². The van der Waals surface area contributed by atoms with Crippen molar-refractivity contribution in [1.82, 2.24) is 9.97 Å². The first-order valence-electron chi connectivity index (χ1n) is 8.54. The van der Waals surface area contributed by atoms with Crippen LogP contribution in [0.2, 0.25) is 0 Å². The van der Waals surface area contributed by atoms with Crippen LogP contribution < -0.4 is 5.32 Å². The molecule has 0 saturated heterocycles. The first kappa shape index (κ1) is 16.7. The van der Waals surface area contributed by atoms with Crippen molar-refractivity contribution in [3.8, 4) is 11.5 Å². The van der Waals surface area contributed by atoms with Crippen LogP contribution in [0.1, 0.15) is 11.1 Å². The molecule has 4 aromatic rings. The number of nitrogens with zero attached hydrogens (tertiary/aromatic N) is 2. The molecule has 2 heterocycles. The van der Waals surface area contributed by atoms with Gasteiger partial charge in [0.15, 0.2) is 5.58 Å². The van der Waals surface area contributed by atoms with Gasteiger partial charge in [0.05, 0.1) is 0 Å². The molecule has 0 aliphatic heterocycles. The number of carbonyl (C=O) groups excluding carboxylic acids is 1. The number of hydrogen-bond acceptors (Lipinski definition) is 4. The van der Waals surface area contributed by atoms with Gasteiger partial charge in [0, 0.05) is 35.8 Å². The molecular formula is C22H17N3O2. The number of anilines is 1. The van der Waals surface area contributed by atoms with E-state index in [9.17, 15) is 4.79 Å². The number of hydrogen-bond donors (Lipinski definition) is 1. The Labute approximate surface area is 156 Å². The minimum atomic E-state index is -0.205. The zero-order valence-corrected chi connectivity index (χ0v) is 14.7. The normalized spacial score (nSPS) is 11.1. The van der Waals surface area contributed by atoms with E-state index in [1.807, 2.05) is 49.4 Å². The maximum absolute atomic E-state index is 12.2. The summed E-state index contributed by atoms with van der Waals surface area (Å²) in [5.74, 6) is 0.318. The molecule has 1 amide bonds. The molecule has 0 bridgehead atoms. The Kier molecular flexibility index (Phi) is 4.49. The lowest BCUT2D eigenvalue weighted by atomic mass is 10.1. The number of oxazole rings is 1. The van der Waals surface area contributed by atoms with Gasteiger partial charge in [-0.05, 0) is 42.8 Å². The minimum Gasteiger partial charge on any atom is -0.436 e. The Balaban J connectivity index is 1.50. The van der Waals surface area contributed by atoms with Gasteiger partial charge < -0.3 is 9.73 Å². The van der Waals surface area contributed by atoms with E-state index < -0.39 is 0 Å². The van der Waals surface area contributed by atoms with E-state index in [0.29, 0.717) is 17.2 Å². The summed E-state index contributed by atoms with van der Waals surface area (Å²) in [5.41, 5.74) is 5.01. The Bertz CT molecular complexity index is 1110. The molecule has 5 heteroatoms. The number of aromatic nitrogens is 2. The highest BCUT2D eigenvalue weighted by molar-refractivity contribution is 6.02. The number of nitrogens with one attached hydrogen (secondary N) is 1. The monoisotopic (exact) mass is 355 g/mol. The summed E-state index contributed by atoms with van der Waals surface area (Å²) in [5, 5.41) is 2.84. The average Bonchev–Trinajstić information content (AvgIpc) is 3.12. The standard InChI is InChI=1S/C22H17N3O2/c1-15-2-4-16(5-3-15)6-9-21(26)24-18-7-8-19-20(14-18)27-22(25-19)17-10-12-23-13-11-17/h2-14H,1H3,(H,24,26)/b9-6+. The van der Waals surface area contributed by atoms with Crippen LogP contribution in [0.4, 0.5) is 5.69 Å².